The Kier molecular flexibility index (Phi) is 14.0. The van der Waals surface area contributed by atoms with Crippen LogP contribution in [-0.4, -0.2) is 6.72 Å². The molecule has 88 valence electrons. The van der Waals surface area contributed by atoms with Crippen molar-refractivity contribution in [1.82, 2.24) is 0 Å². The molecule has 0 saturated carbocycles. The van der Waals surface area contributed by atoms with Gasteiger partial charge in [0.15, 0.2) is 0 Å². The average molecular weight is 217 g/mol. The van der Waals surface area contributed by atoms with Gasteiger partial charge < -0.3 is 0 Å². The van der Waals surface area contributed by atoms with E-state index in [1.807, 2.05) is 64.1 Å². The van der Waals surface area contributed by atoms with E-state index in [1.165, 1.54) is 0 Å². The molecule has 0 aliphatic rings. The molecule has 0 heterocycles. The molecule has 0 aliphatic carbocycles. The summed E-state index contributed by atoms with van der Waals surface area (Å²) in [6, 6.07) is 9.89. The van der Waals surface area contributed by atoms with Gasteiger partial charge in [-0.1, -0.05) is 70.7 Å². The largest absolute Gasteiger partial charge is 0.264 e. The van der Waals surface area contributed by atoms with Gasteiger partial charge >= 0.3 is 0 Å². The highest BCUT2D eigenvalue weighted by atomic mass is 14.7. The molecule has 16 heavy (non-hydrogen) atoms. The molecule has 0 N–H and O–H groups in total. The van der Waals surface area contributed by atoms with E-state index in [0.29, 0.717) is 0 Å². The van der Waals surface area contributed by atoms with Crippen molar-refractivity contribution in [1.29, 1.82) is 0 Å². The Hall–Kier alpha value is -1.63. The minimum Gasteiger partial charge on any atom is -0.264 e. The van der Waals surface area contributed by atoms with E-state index < -0.39 is 0 Å². The molecule has 0 atom stereocenters. The molecule has 1 aromatic rings. The first-order chi connectivity index (χ1) is 7.88. The molecule has 0 amide bonds. The maximum atomic E-state index is 3.89. The lowest BCUT2D eigenvalue weighted by Crippen LogP contribution is -1.77. The molecule has 0 bridgehead atoms. The topological polar surface area (TPSA) is 12.4 Å². The molecular weight excluding hydrogens is 194 g/mol. The van der Waals surface area contributed by atoms with Gasteiger partial charge in [-0.05, 0) is 12.8 Å². The maximum Gasteiger partial charge on any atom is 0.0694 e. The van der Waals surface area contributed by atoms with Gasteiger partial charge in [-0.2, -0.15) is 0 Å². The van der Waals surface area contributed by atoms with E-state index in [0.717, 1.165) is 11.3 Å². The Labute approximate surface area is 100 Å². The van der Waals surface area contributed by atoms with Crippen LogP contribution < -0.4 is 0 Å². The van der Waals surface area contributed by atoms with Crippen LogP contribution in [0.1, 0.15) is 33.3 Å². The van der Waals surface area contributed by atoms with Crippen molar-refractivity contribution >= 4 is 12.4 Å². The van der Waals surface area contributed by atoms with Crippen LogP contribution in [0.2, 0.25) is 0 Å². The van der Waals surface area contributed by atoms with Gasteiger partial charge in [-0.3, -0.25) is 4.99 Å². The fourth-order valence-electron chi connectivity index (χ4n) is 0.961. The van der Waals surface area contributed by atoms with Crippen LogP contribution in [-0.2, 0) is 0 Å². The highest BCUT2D eigenvalue weighted by Crippen LogP contribution is 2.13. The second kappa shape index (κ2) is 13.4. The van der Waals surface area contributed by atoms with Gasteiger partial charge in [0.05, 0.1) is 5.70 Å². The van der Waals surface area contributed by atoms with Crippen LogP contribution in [0.3, 0.4) is 0 Å². The number of aliphatic imine (C=N–C) groups is 1. The molecule has 0 aliphatic heterocycles. The molecular formula is C15H23N. The lowest BCUT2D eigenvalue weighted by atomic mass is 10.1. The molecule has 0 fully saturated rings. The number of nitrogens with zero attached hydrogens (tertiary/aromatic N) is 1. The number of allylic oxidation sites excluding steroid dienone is 2. The molecule has 0 aromatic heterocycles. The lowest BCUT2D eigenvalue weighted by molar-refractivity contribution is 1.50. The normalized spacial score (nSPS) is 8.88. The first-order valence-corrected chi connectivity index (χ1v) is 5.73. The van der Waals surface area contributed by atoms with Gasteiger partial charge in [-0.25, -0.2) is 0 Å². The summed E-state index contributed by atoms with van der Waals surface area (Å²) >= 11 is 0. The standard InChI is InChI=1S/C11H11N.2C2H6/c1-3-7-11(12-2)10-8-5-4-6-9-10;2*1-2/h3-9H,1-2H2;2*1-2H3/b11-7-;;. The van der Waals surface area contributed by atoms with Crippen LogP contribution in [0.15, 0.2) is 54.1 Å². The van der Waals surface area contributed by atoms with E-state index in [9.17, 15) is 0 Å². The molecule has 1 rings (SSSR count). The SMILES string of the molecule is C=C/C=C(\N=C)c1ccccc1.CC.CC. The molecule has 0 radical (unpaired) electrons. The summed E-state index contributed by atoms with van der Waals surface area (Å²) in [4.78, 5) is 3.89. The summed E-state index contributed by atoms with van der Waals surface area (Å²) in [7, 11) is 0. The second-order valence-corrected chi connectivity index (χ2v) is 2.31. The maximum absolute atomic E-state index is 3.89. The Bertz CT molecular complexity index is 296. The van der Waals surface area contributed by atoms with E-state index in [4.69, 9.17) is 0 Å². The summed E-state index contributed by atoms with van der Waals surface area (Å²) in [6.07, 6.45) is 3.54. The van der Waals surface area contributed by atoms with E-state index in [1.54, 1.807) is 6.08 Å². The number of rotatable bonds is 3. The van der Waals surface area contributed by atoms with Gasteiger partial charge in [0.25, 0.3) is 0 Å². The van der Waals surface area contributed by atoms with Crippen molar-refractivity contribution in [2.75, 3.05) is 0 Å². The highest BCUT2D eigenvalue weighted by Gasteiger charge is 1.93. The minimum absolute atomic E-state index is 0.852. The zero-order valence-corrected chi connectivity index (χ0v) is 10.9. The Morgan fingerprint density at radius 1 is 1.06 bits per heavy atom. The summed E-state index contributed by atoms with van der Waals surface area (Å²) in [5.74, 6) is 0. The fourth-order valence-corrected chi connectivity index (χ4v) is 0.961. The molecule has 0 unspecified atom stereocenters. The van der Waals surface area contributed by atoms with Crippen molar-refractivity contribution in [3.8, 4) is 0 Å². The van der Waals surface area contributed by atoms with Crippen molar-refractivity contribution in [2.24, 2.45) is 4.99 Å². The van der Waals surface area contributed by atoms with Crippen LogP contribution in [0, 0.1) is 0 Å². The summed E-state index contributed by atoms with van der Waals surface area (Å²) in [6.45, 7) is 15.1. The fraction of sp³-hybridized carbons (Fsp3) is 0.267. The third-order valence-corrected chi connectivity index (χ3v) is 1.52. The first-order valence-electron chi connectivity index (χ1n) is 5.73. The van der Waals surface area contributed by atoms with E-state index in [2.05, 4.69) is 18.3 Å². The van der Waals surface area contributed by atoms with Crippen molar-refractivity contribution in [2.45, 2.75) is 27.7 Å². The molecule has 1 heteroatoms. The quantitative estimate of drug-likeness (QED) is 0.501. The number of hydrogen-bond acceptors (Lipinski definition) is 1. The van der Waals surface area contributed by atoms with Crippen molar-refractivity contribution in [3.63, 3.8) is 0 Å². The van der Waals surface area contributed by atoms with Gasteiger partial charge in [0.2, 0.25) is 0 Å². The highest BCUT2D eigenvalue weighted by molar-refractivity contribution is 5.68. The molecule has 0 spiro atoms. The van der Waals surface area contributed by atoms with E-state index in [-0.39, 0.29) is 0 Å². The number of benzene rings is 1. The van der Waals surface area contributed by atoms with E-state index >= 15 is 0 Å². The molecule has 1 nitrogen and oxygen atoms in total. The van der Waals surface area contributed by atoms with Crippen LogP contribution in [0.4, 0.5) is 0 Å². The van der Waals surface area contributed by atoms with Crippen molar-refractivity contribution in [3.05, 3.63) is 54.6 Å². The van der Waals surface area contributed by atoms with Gasteiger partial charge in [-0.15, -0.1) is 0 Å². The molecule has 1 aromatic carbocycles. The summed E-state index contributed by atoms with van der Waals surface area (Å²) < 4.78 is 0. The van der Waals surface area contributed by atoms with Crippen LogP contribution >= 0.6 is 0 Å². The number of hydrogen-bond donors (Lipinski definition) is 0. The third-order valence-electron chi connectivity index (χ3n) is 1.52. The van der Waals surface area contributed by atoms with Crippen molar-refractivity contribution < 1.29 is 0 Å². The zero-order chi connectivity index (χ0) is 12.8. The molecule has 0 saturated heterocycles. The predicted molar refractivity (Wildman–Crippen MR) is 76.9 cm³/mol. The Balaban J connectivity index is 0. The lowest BCUT2D eigenvalue weighted by Gasteiger charge is -1.98. The third kappa shape index (κ3) is 6.77. The minimum atomic E-state index is 0.852. The van der Waals surface area contributed by atoms with Crippen LogP contribution in [0.25, 0.3) is 5.70 Å². The average Bonchev–Trinajstić information content (AvgIpc) is 2.41. The van der Waals surface area contributed by atoms with Gasteiger partial charge in [0.1, 0.15) is 0 Å². The smallest absolute Gasteiger partial charge is 0.0694 e. The second-order valence-electron chi connectivity index (χ2n) is 2.31. The summed E-state index contributed by atoms with van der Waals surface area (Å²) in [5, 5.41) is 0. The Morgan fingerprint density at radius 3 is 1.94 bits per heavy atom. The Morgan fingerprint density at radius 2 is 1.56 bits per heavy atom. The monoisotopic (exact) mass is 217 g/mol. The first kappa shape index (κ1) is 16.8. The predicted octanol–water partition coefficient (Wildman–Crippen LogP) is 4.97. The summed E-state index contributed by atoms with van der Waals surface area (Å²) in [5.41, 5.74) is 1.91. The van der Waals surface area contributed by atoms with Gasteiger partial charge in [0, 0.05) is 5.56 Å². The zero-order valence-electron chi connectivity index (χ0n) is 10.9. The van der Waals surface area contributed by atoms with Crippen LogP contribution in [0.5, 0.6) is 0 Å².